The maximum absolute atomic E-state index is 13.1. The van der Waals surface area contributed by atoms with Crippen LogP contribution in [0.4, 0.5) is 0 Å². The van der Waals surface area contributed by atoms with Crippen molar-refractivity contribution < 1.29 is 19.0 Å². The Morgan fingerprint density at radius 2 is 1.71 bits per heavy atom. The number of carbonyl (C=O) groups is 1. The average molecular weight is 421 g/mol. The van der Waals surface area contributed by atoms with Gasteiger partial charge in [0.05, 0.1) is 31.0 Å². The van der Waals surface area contributed by atoms with E-state index in [4.69, 9.17) is 14.2 Å². The minimum atomic E-state index is -0.161. The van der Waals surface area contributed by atoms with E-state index in [-0.39, 0.29) is 11.3 Å². The Morgan fingerprint density at radius 1 is 1.03 bits per heavy atom. The van der Waals surface area contributed by atoms with Crippen LogP contribution in [0.2, 0.25) is 0 Å². The summed E-state index contributed by atoms with van der Waals surface area (Å²) in [4.78, 5) is 17.7. The quantitative estimate of drug-likeness (QED) is 0.652. The number of aromatic nitrogens is 1. The van der Waals surface area contributed by atoms with Crippen molar-refractivity contribution in [2.75, 3.05) is 34.0 Å². The number of hydrogen-bond acceptors (Lipinski definition) is 5. The van der Waals surface area contributed by atoms with Gasteiger partial charge in [0.25, 0.3) is 5.91 Å². The summed E-state index contributed by atoms with van der Waals surface area (Å²) in [5, 5.41) is 4.08. The van der Waals surface area contributed by atoms with Gasteiger partial charge in [0.2, 0.25) is 0 Å². The molecule has 1 aliphatic rings. The summed E-state index contributed by atoms with van der Waals surface area (Å²) in [6.45, 7) is 3.77. The number of hydrogen-bond donors (Lipinski definition) is 1. The fourth-order valence-corrected chi connectivity index (χ4v) is 4.22. The predicted octanol–water partition coefficient (Wildman–Crippen LogP) is 4.04. The molecular weight excluding hydrogens is 392 g/mol. The number of nitrogens with one attached hydrogen (secondary N) is 1. The highest BCUT2D eigenvalue weighted by atomic mass is 16.5. The molecule has 31 heavy (non-hydrogen) atoms. The van der Waals surface area contributed by atoms with Crippen LogP contribution < -0.4 is 14.8 Å². The fourth-order valence-electron chi connectivity index (χ4n) is 4.22. The second kappa shape index (κ2) is 8.94. The summed E-state index contributed by atoms with van der Waals surface area (Å²) in [7, 11) is 3.29. The molecule has 0 atom stereocenters. The zero-order chi connectivity index (χ0) is 21.8. The summed E-state index contributed by atoms with van der Waals surface area (Å²) in [5.74, 6) is 1.46. The van der Waals surface area contributed by atoms with Gasteiger partial charge in [0.1, 0.15) is 11.5 Å². The Labute approximate surface area is 182 Å². The molecule has 1 N–H and O–H groups in total. The van der Waals surface area contributed by atoms with Gasteiger partial charge in [-0.05, 0) is 55.7 Å². The van der Waals surface area contributed by atoms with Crippen molar-refractivity contribution in [2.24, 2.45) is 0 Å². The van der Waals surface area contributed by atoms with E-state index in [1.165, 1.54) is 5.56 Å². The van der Waals surface area contributed by atoms with Crippen LogP contribution in [0, 0.1) is 6.92 Å². The number of ether oxygens (including phenoxy) is 3. The first-order chi connectivity index (χ1) is 15.0. The van der Waals surface area contributed by atoms with Crippen molar-refractivity contribution in [3.63, 3.8) is 0 Å². The van der Waals surface area contributed by atoms with Gasteiger partial charge in [-0.2, -0.15) is 0 Å². The molecule has 2 heterocycles. The molecule has 162 valence electrons. The van der Waals surface area contributed by atoms with Crippen molar-refractivity contribution in [1.29, 1.82) is 0 Å². The SMILES string of the molecule is COc1ccc(C2(CNC(=O)c3cc4ccc(OC)cc4nc3C)CCOCC2)cc1. The number of rotatable bonds is 6. The van der Waals surface area contributed by atoms with Crippen LogP contribution in [-0.2, 0) is 10.2 Å². The Kier molecular flexibility index (Phi) is 6.09. The number of nitrogens with zero attached hydrogens (tertiary/aromatic N) is 1. The lowest BCUT2D eigenvalue weighted by Crippen LogP contribution is -2.44. The van der Waals surface area contributed by atoms with Crippen LogP contribution in [0.1, 0.15) is 34.5 Å². The first kappa shape index (κ1) is 21.1. The summed E-state index contributed by atoms with van der Waals surface area (Å²) in [5.41, 5.74) is 3.13. The summed E-state index contributed by atoms with van der Waals surface area (Å²) >= 11 is 0. The lowest BCUT2D eigenvalue weighted by Gasteiger charge is -2.38. The number of benzene rings is 2. The van der Waals surface area contributed by atoms with E-state index in [1.807, 2.05) is 43.3 Å². The molecule has 2 aromatic carbocycles. The normalized spacial score (nSPS) is 15.5. The monoisotopic (exact) mass is 420 g/mol. The van der Waals surface area contributed by atoms with Crippen LogP contribution in [0.5, 0.6) is 11.5 Å². The number of methoxy groups -OCH3 is 2. The Morgan fingerprint density at radius 3 is 2.39 bits per heavy atom. The first-order valence-corrected chi connectivity index (χ1v) is 10.5. The zero-order valence-corrected chi connectivity index (χ0v) is 18.2. The van der Waals surface area contributed by atoms with Crippen molar-refractivity contribution in [1.82, 2.24) is 10.3 Å². The second-order valence-electron chi connectivity index (χ2n) is 7.98. The second-order valence-corrected chi connectivity index (χ2v) is 7.98. The summed E-state index contributed by atoms with van der Waals surface area (Å²) in [6, 6.07) is 15.7. The van der Waals surface area contributed by atoms with Crippen LogP contribution in [-0.4, -0.2) is 44.9 Å². The van der Waals surface area contributed by atoms with E-state index in [2.05, 4.69) is 22.4 Å². The molecule has 0 radical (unpaired) electrons. The number of aryl methyl sites for hydroxylation is 1. The fraction of sp³-hybridized carbons (Fsp3) is 0.360. The Balaban J connectivity index is 1.57. The number of fused-ring (bicyclic) bond motifs is 1. The molecule has 0 aliphatic carbocycles. The Bertz CT molecular complexity index is 1070. The third kappa shape index (κ3) is 4.35. The number of carbonyl (C=O) groups excluding carboxylic acids is 1. The van der Waals surface area contributed by atoms with E-state index in [9.17, 15) is 4.79 Å². The third-order valence-corrected chi connectivity index (χ3v) is 6.20. The Hall–Kier alpha value is -3.12. The zero-order valence-electron chi connectivity index (χ0n) is 18.2. The van der Waals surface area contributed by atoms with Crippen molar-refractivity contribution in [3.05, 3.63) is 65.4 Å². The molecule has 6 nitrogen and oxygen atoms in total. The van der Waals surface area contributed by atoms with Gasteiger partial charge in [-0.25, -0.2) is 0 Å². The molecular formula is C25H28N2O4. The van der Waals surface area contributed by atoms with Gasteiger partial charge in [0, 0.05) is 36.6 Å². The van der Waals surface area contributed by atoms with Crippen molar-refractivity contribution in [3.8, 4) is 11.5 Å². The maximum atomic E-state index is 13.1. The van der Waals surface area contributed by atoms with Crippen LogP contribution in [0.15, 0.2) is 48.5 Å². The van der Waals surface area contributed by atoms with Crippen LogP contribution in [0.25, 0.3) is 10.9 Å². The van der Waals surface area contributed by atoms with Gasteiger partial charge in [-0.3, -0.25) is 9.78 Å². The van der Waals surface area contributed by atoms with E-state index in [0.29, 0.717) is 31.0 Å². The molecule has 3 aromatic rings. The van der Waals surface area contributed by atoms with Gasteiger partial charge >= 0.3 is 0 Å². The first-order valence-electron chi connectivity index (χ1n) is 10.5. The molecule has 0 saturated carbocycles. The van der Waals surface area contributed by atoms with Gasteiger partial charge < -0.3 is 19.5 Å². The highest BCUT2D eigenvalue weighted by molar-refractivity contribution is 5.98. The molecule has 0 unspecified atom stereocenters. The molecule has 4 rings (SSSR count). The predicted molar refractivity (Wildman–Crippen MR) is 120 cm³/mol. The minimum absolute atomic E-state index is 0.109. The van der Waals surface area contributed by atoms with E-state index >= 15 is 0 Å². The smallest absolute Gasteiger partial charge is 0.253 e. The van der Waals surface area contributed by atoms with E-state index < -0.39 is 0 Å². The molecule has 1 aromatic heterocycles. The summed E-state index contributed by atoms with van der Waals surface area (Å²) < 4.78 is 16.2. The van der Waals surface area contributed by atoms with Crippen LogP contribution in [0.3, 0.4) is 0 Å². The molecule has 1 amide bonds. The van der Waals surface area contributed by atoms with Crippen molar-refractivity contribution in [2.45, 2.75) is 25.2 Å². The van der Waals surface area contributed by atoms with E-state index in [1.54, 1.807) is 14.2 Å². The van der Waals surface area contributed by atoms with Gasteiger partial charge in [-0.1, -0.05) is 12.1 Å². The minimum Gasteiger partial charge on any atom is -0.497 e. The van der Waals surface area contributed by atoms with E-state index in [0.717, 1.165) is 35.2 Å². The highest BCUT2D eigenvalue weighted by Gasteiger charge is 2.35. The molecule has 1 fully saturated rings. The standard InChI is InChI=1S/C25H28N2O4/c1-17-22(14-18-4-7-21(30-3)15-23(18)27-17)24(28)26-16-25(10-12-31-13-11-25)19-5-8-20(29-2)9-6-19/h4-9,14-15H,10-13,16H2,1-3H3,(H,26,28). The third-order valence-electron chi connectivity index (χ3n) is 6.20. The molecule has 0 bridgehead atoms. The topological polar surface area (TPSA) is 69.7 Å². The molecule has 6 heteroatoms. The molecule has 0 spiro atoms. The van der Waals surface area contributed by atoms with Gasteiger partial charge in [0.15, 0.2) is 0 Å². The maximum Gasteiger partial charge on any atom is 0.253 e. The van der Waals surface area contributed by atoms with Crippen LogP contribution >= 0.6 is 0 Å². The number of amides is 1. The largest absolute Gasteiger partial charge is 0.497 e. The highest BCUT2D eigenvalue weighted by Crippen LogP contribution is 2.35. The van der Waals surface area contributed by atoms with Gasteiger partial charge in [-0.15, -0.1) is 0 Å². The lowest BCUT2D eigenvalue weighted by molar-refractivity contribution is 0.0487. The molecule has 1 saturated heterocycles. The summed E-state index contributed by atoms with van der Waals surface area (Å²) in [6.07, 6.45) is 1.71. The van der Waals surface area contributed by atoms with Crippen molar-refractivity contribution >= 4 is 16.8 Å². The number of pyridine rings is 1. The average Bonchev–Trinajstić information content (AvgIpc) is 2.82. The molecule has 1 aliphatic heterocycles. The lowest BCUT2D eigenvalue weighted by atomic mass is 9.74.